The molecule has 0 aliphatic heterocycles. The molecule has 3 atom stereocenters. The largest absolute Gasteiger partial charge is 0.368 e. The summed E-state index contributed by atoms with van der Waals surface area (Å²) in [6, 6.07) is 0. The van der Waals surface area contributed by atoms with Gasteiger partial charge in [0.1, 0.15) is 5.54 Å². The molecule has 108 valence electrons. The van der Waals surface area contributed by atoms with Crippen molar-refractivity contribution in [1.29, 1.82) is 0 Å². The van der Waals surface area contributed by atoms with Crippen LogP contribution in [0.25, 0.3) is 0 Å². The van der Waals surface area contributed by atoms with E-state index in [0.29, 0.717) is 6.42 Å². The highest BCUT2D eigenvalue weighted by Gasteiger charge is 2.48. The summed E-state index contributed by atoms with van der Waals surface area (Å²) in [5.41, 5.74) is 4.68. The second-order valence-electron chi connectivity index (χ2n) is 5.75. The smallest absolute Gasteiger partial charge is 0.243 e. The van der Waals surface area contributed by atoms with Crippen LogP contribution in [-0.4, -0.2) is 42.9 Å². The van der Waals surface area contributed by atoms with Crippen LogP contribution in [0.3, 0.4) is 0 Å². The molecule has 5 heteroatoms. The first-order valence-electron chi connectivity index (χ1n) is 6.67. The molecule has 5 nitrogen and oxygen atoms in total. The van der Waals surface area contributed by atoms with Gasteiger partial charge in [-0.05, 0) is 39.3 Å². The lowest BCUT2D eigenvalue weighted by Gasteiger charge is -2.45. The van der Waals surface area contributed by atoms with Crippen LogP contribution in [0.2, 0.25) is 0 Å². The zero-order valence-corrected chi connectivity index (χ0v) is 12.1. The van der Waals surface area contributed by atoms with Crippen LogP contribution < -0.4 is 11.1 Å². The summed E-state index contributed by atoms with van der Waals surface area (Å²) in [4.78, 5) is 25.5. The number of carbonyl (C=O) groups excluding carboxylic acids is 2. The fourth-order valence-electron chi connectivity index (χ4n) is 3.06. The second-order valence-corrected chi connectivity index (χ2v) is 5.75. The lowest BCUT2D eigenvalue weighted by atomic mass is 9.67. The van der Waals surface area contributed by atoms with Gasteiger partial charge in [-0.15, -0.1) is 6.58 Å². The molecule has 0 bridgehead atoms. The SMILES string of the molecule is C=CC1CCC(CN(C)C)C(NC(C)=O)(C(N)=O)C1. The zero-order chi connectivity index (χ0) is 14.6. The molecule has 0 saturated heterocycles. The highest BCUT2D eigenvalue weighted by Crippen LogP contribution is 2.38. The highest BCUT2D eigenvalue weighted by molar-refractivity contribution is 5.90. The Balaban J connectivity index is 3.08. The summed E-state index contributed by atoms with van der Waals surface area (Å²) in [6.07, 6.45) is 4.24. The molecule has 0 aromatic carbocycles. The van der Waals surface area contributed by atoms with Crippen molar-refractivity contribution in [2.24, 2.45) is 17.6 Å². The number of hydrogen-bond acceptors (Lipinski definition) is 3. The fraction of sp³-hybridized carbons (Fsp3) is 0.714. The van der Waals surface area contributed by atoms with Crippen molar-refractivity contribution in [3.8, 4) is 0 Å². The summed E-state index contributed by atoms with van der Waals surface area (Å²) < 4.78 is 0. The lowest BCUT2D eigenvalue weighted by molar-refractivity contribution is -0.135. The van der Waals surface area contributed by atoms with Gasteiger partial charge in [-0.3, -0.25) is 9.59 Å². The number of hydrogen-bond donors (Lipinski definition) is 2. The monoisotopic (exact) mass is 267 g/mol. The van der Waals surface area contributed by atoms with Crippen molar-refractivity contribution in [3.63, 3.8) is 0 Å². The number of rotatable bonds is 5. The molecule has 0 heterocycles. The molecular formula is C14H25N3O2. The van der Waals surface area contributed by atoms with Crippen molar-refractivity contribution >= 4 is 11.8 Å². The Kier molecular flexibility index (Phi) is 5.11. The highest BCUT2D eigenvalue weighted by atomic mass is 16.2. The van der Waals surface area contributed by atoms with Gasteiger partial charge in [-0.1, -0.05) is 6.08 Å². The Morgan fingerprint density at radius 1 is 1.47 bits per heavy atom. The van der Waals surface area contributed by atoms with Gasteiger partial charge in [0.05, 0.1) is 0 Å². The van der Waals surface area contributed by atoms with E-state index in [2.05, 4.69) is 11.9 Å². The van der Waals surface area contributed by atoms with Crippen molar-refractivity contribution < 1.29 is 9.59 Å². The summed E-state index contributed by atoms with van der Waals surface area (Å²) in [7, 11) is 3.91. The van der Waals surface area contributed by atoms with Crippen LogP contribution in [0, 0.1) is 11.8 Å². The summed E-state index contributed by atoms with van der Waals surface area (Å²) in [5.74, 6) is -0.397. The standard InChI is InChI=1S/C14H25N3O2/c1-5-11-6-7-12(9-17(3)4)14(8-11,13(15)19)16-10(2)18/h5,11-12H,1,6-9H2,2-4H3,(H2,15,19)(H,16,18). The van der Waals surface area contributed by atoms with Crippen molar-refractivity contribution in [2.45, 2.75) is 31.7 Å². The van der Waals surface area contributed by atoms with E-state index in [1.165, 1.54) is 6.92 Å². The van der Waals surface area contributed by atoms with Gasteiger partial charge in [0.25, 0.3) is 0 Å². The van der Waals surface area contributed by atoms with Crippen molar-refractivity contribution in [1.82, 2.24) is 10.2 Å². The van der Waals surface area contributed by atoms with Crippen molar-refractivity contribution in [2.75, 3.05) is 20.6 Å². The Morgan fingerprint density at radius 3 is 2.53 bits per heavy atom. The number of nitrogens with zero attached hydrogens (tertiary/aromatic N) is 1. The molecule has 0 aromatic heterocycles. The number of primary amides is 1. The van der Waals surface area contributed by atoms with E-state index in [0.717, 1.165) is 19.4 Å². The lowest BCUT2D eigenvalue weighted by Crippen LogP contribution is -2.65. The first kappa shape index (κ1) is 15.7. The van der Waals surface area contributed by atoms with Gasteiger partial charge in [0.2, 0.25) is 11.8 Å². The van der Waals surface area contributed by atoms with E-state index in [4.69, 9.17) is 5.73 Å². The molecule has 0 spiro atoms. The third-order valence-corrected chi connectivity index (χ3v) is 3.92. The van der Waals surface area contributed by atoms with Crippen molar-refractivity contribution in [3.05, 3.63) is 12.7 Å². The molecule has 1 rings (SSSR count). The normalized spacial score (nSPS) is 30.9. The molecule has 1 fully saturated rings. The van der Waals surface area contributed by atoms with Gasteiger partial charge < -0.3 is 16.0 Å². The third-order valence-electron chi connectivity index (χ3n) is 3.92. The Labute approximate surface area is 115 Å². The first-order valence-corrected chi connectivity index (χ1v) is 6.67. The van der Waals surface area contributed by atoms with Gasteiger partial charge >= 0.3 is 0 Å². The molecule has 3 N–H and O–H groups in total. The van der Waals surface area contributed by atoms with E-state index in [-0.39, 0.29) is 17.7 Å². The van der Waals surface area contributed by atoms with Crippen LogP contribution in [0.15, 0.2) is 12.7 Å². The number of allylic oxidation sites excluding steroid dienone is 1. The summed E-state index contributed by atoms with van der Waals surface area (Å²) >= 11 is 0. The summed E-state index contributed by atoms with van der Waals surface area (Å²) in [6.45, 7) is 5.95. The quantitative estimate of drug-likeness (QED) is 0.713. The number of nitrogens with two attached hydrogens (primary N) is 1. The Morgan fingerprint density at radius 2 is 2.11 bits per heavy atom. The Bertz CT molecular complexity index is 368. The zero-order valence-electron chi connectivity index (χ0n) is 12.1. The molecule has 1 aliphatic carbocycles. The fourth-order valence-corrected chi connectivity index (χ4v) is 3.06. The van der Waals surface area contributed by atoms with Crippen LogP contribution >= 0.6 is 0 Å². The number of nitrogens with one attached hydrogen (secondary N) is 1. The van der Waals surface area contributed by atoms with Crippen LogP contribution in [-0.2, 0) is 9.59 Å². The van der Waals surface area contributed by atoms with E-state index in [1.807, 2.05) is 25.1 Å². The molecule has 0 radical (unpaired) electrons. The third kappa shape index (κ3) is 3.56. The average molecular weight is 267 g/mol. The van der Waals surface area contributed by atoms with Crippen LogP contribution in [0.5, 0.6) is 0 Å². The molecule has 1 aliphatic rings. The first-order chi connectivity index (χ1) is 8.81. The van der Waals surface area contributed by atoms with E-state index in [1.54, 1.807) is 0 Å². The van der Waals surface area contributed by atoms with Crippen LogP contribution in [0.1, 0.15) is 26.2 Å². The Hall–Kier alpha value is -1.36. The van der Waals surface area contributed by atoms with Gasteiger partial charge in [-0.2, -0.15) is 0 Å². The minimum atomic E-state index is -0.951. The van der Waals surface area contributed by atoms with E-state index >= 15 is 0 Å². The maximum atomic E-state index is 12.0. The molecule has 19 heavy (non-hydrogen) atoms. The second kappa shape index (κ2) is 6.19. The summed E-state index contributed by atoms with van der Waals surface area (Å²) in [5, 5.41) is 2.83. The molecule has 3 unspecified atom stereocenters. The van der Waals surface area contributed by atoms with Gasteiger partial charge in [-0.25, -0.2) is 0 Å². The number of carbonyl (C=O) groups is 2. The molecule has 0 aromatic rings. The topological polar surface area (TPSA) is 75.4 Å². The average Bonchev–Trinajstić information content (AvgIpc) is 2.29. The maximum absolute atomic E-state index is 12.0. The van der Waals surface area contributed by atoms with Gasteiger partial charge in [0.15, 0.2) is 0 Å². The molecule has 1 saturated carbocycles. The van der Waals surface area contributed by atoms with E-state index < -0.39 is 11.4 Å². The predicted molar refractivity (Wildman–Crippen MR) is 75.3 cm³/mol. The van der Waals surface area contributed by atoms with E-state index in [9.17, 15) is 9.59 Å². The predicted octanol–water partition coefficient (Wildman–Crippen LogP) is 0.511. The minimum absolute atomic E-state index is 0.0418. The molecule has 2 amide bonds. The number of amides is 2. The molecular weight excluding hydrogens is 242 g/mol. The van der Waals surface area contributed by atoms with Gasteiger partial charge in [0, 0.05) is 19.4 Å². The van der Waals surface area contributed by atoms with Crippen LogP contribution in [0.4, 0.5) is 0 Å². The maximum Gasteiger partial charge on any atom is 0.243 e. The minimum Gasteiger partial charge on any atom is -0.368 e.